The standard InChI is InChI=1S/C25H23N3O2/c1-3-20(19-13-9-15-26-24(19)29)28-25(30)22-16(2)23(17-10-5-4-6-11-17)27-21-14-8-7-12-18(21)22/h4-15,20H,3H2,1-2H3,(H,26,29)(H,28,30). The van der Waals surface area contributed by atoms with Crippen LogP contribution in [-0.2, 0) is 0 Å². The highest BCUT2D eigenvalue weighted by molar-refractivity contribution is 6.09. The zero-order chi connectivity index (χ0) is 21.1. The van der Waals surface area contributed by atoms with Gasteiger partial charge in [0, 0.05) is 22.7 Å². The first-order valence-corrected chi connectivity index (χ1v) is 10.0. The van der Waals surface area contributed by atoms with Crippen LogP contribution in [0.2, 0.25) is 0 Å². The Kier molecular flexibility index (Phi) is 5.44. The van der Waals surface area contributed by atoms with Crippen LogP contribution in [0.25, 0.3) is 22.2 Å². The van der Waals surface area contributed by atoms with Gasteiger partial charge in [0.1, 0.15) is 0 Å². The van der Waals surface area contributed by atoms with Crippen LogP contribution < -0.4 is 10.9 Å². The van der Waals surface area contributed by atoms with Gasteiger partial charge in [0.05, 0.1) is 22.8 Å². The van der Waals surface area contributed by atoms with E-state index < -0.39 is 0 Å². The molecule has 0 aliphatic rings. The topological polar surface area (TPSA) is 74.8 Å². The number of aromatic nitrogens is 2. The average molecular weight is 397 g/mol. The summed E-state index contributed by atoms with van der Waals surface area (Å²) in [6.07, 6.45) is 2.19. The minimum Gasteiger partial charge on any atom is -0.345 e. The number of fused-ring (bicyclic) bond motifs is 1. The summed E-state index contributed by atoms with van der Waals surface area (Å²) in [4.78, 5) is 33.2. The predicted molar refractivity (Wildman–Crippen MR) is 119 cm³/mol. The molecule has 5 heteroatoms. The van der Waals surface area contributed by atoms with Gasteiger partial charge in [-0.25, -0.2) is 4.98 Å². The number of carbonyl (C=O) groups excluding carboxylic acids is 1. The molecule has 1 amide bonds. The van der Waals surface area contributed by atoms with Crippen molar-refractivity contribution in [1.29, 1.82) is 0 Å². The van der Waals surface area contributed by atoms with Crippen LogP contribution >= 0.6 is 0 Å². The highest BCUT2D eigenvalue weighted by atomic mass is 16.2. The normalized spacial score (nSPS) is 11.9. The Balaban J connectivity index is 1.83. The van der Waals surface area contributed by atoms with Crippen LogP contribution in [-0.4, -0.2) is 15.9 Å². The maximum absolute atomic E-state index is 13.5. The van der Waals surface area contributed by atoms with Crippen molar-refractivity contribution < 1.29 is 4.79 Å². The molecule has 4 rings (SSSR count). The lowest BCUT2D eigenvalue weighted by molar-refractivity contribution is 0.0936. The second-order valence-electron chi connectivity index (χ2n) is 7.23. The van der Waals surface area contributed by atoms with Gasteiger partial charge in [-0.3, -0.25) is 9.59 Å². The molecule has 2 aromatic carbocycles. The van der Waals surface area contributed by atoms with Crippen LogP contribution in [0.1, 0.15) is 40.9 Å². The van der Waals surface area contributed by atoms with Gasteiger partial charge in [-0.2, -0.15) is 0 Å². The predicted octanol–water partition coefficient (Wildman–Crippen LogP) is 4.78. The Hall–Kier alpha value is -3.73. The molecule has 0 spiro atoms. The van der Waals surface area contributed by atoms with E-state index >= 15 is 0 Å². The van der Waals surface area contributed by atoms with Gasteiger partial charge in [0.15, 0.2) is 0 Å². The Labute approximate surface area is 174 Å². The SMILES string of the molecule is CCC(NC(=O)c1c(C)c(-c2ccccc2)nc2ccccc12)c1ccc[nH]c1=O. The van der Waals surface area contributed by atoms with Crippen molar-refractivity contribution in [3.05, 3.63) is 100.0 Å². The minimum atomic E-state index is -0.381. The fourth-order valence-electron chi connectivity index (χ4n) is 3.82. The number of benzene rings is 2. The van der Waals surface area contributed by atoms with Gasteiger partial charge >= 0.3 is 0 Å². The second-order valence-corrected chi connectivity index (χ2v) is 7.23. The molecule has 0 aliphatic heterocycles. The maximum Gasteiger partial charge on any atom is 0.253 e. The number of hydrogen-bond acceptors (Lipinski definition) is 3. The molecule has 0 saturated heterocycles. The molecule has 5 nitrogen and oxygen atoms in total. The summed E-state index contributed by atoms with van der Waals surface area (Å²) < 4.78 is 0. The van der Waals surface area contributed by atoms with Crippen molar-refractivity contribution in [1.82, 2.24) is 15.3 Å². The number of amides is 1. The van der Waals surface area contributed by atoms with Crippen LogP contribution in [0.4, 0.5) is 0 Å². The Morgan fingerprint density at radius 3 is 2.50 bits per heavy atom. The molecule has 0 bridgehead atoms. The number of hydrogen-bond donors (Lipinski definition) is 2. The van der Waals surface area contributed by atoms with E-state index in [0.29, 0.717) is 17.5 Å². The number of para-hydroxylation sites is 1. The summed E-state index contributed by atoms with van der Waals surface area (Å²) in [5.74, 6) is -0.210. The Morgan fingerprint density at radius 1 is 1.03 bits per heavy atom. The minimum absolute atomic E-state index is 0.189. The number of nitrogens with one attached hydrogen (secondary N) is 2. The zero-order valence-electron chi connectivity index (χ0n) is 17.0. The van der Waals surface area contributed by atoms with Crippen molar-refractivity contribution in [3.8, 4) is 11.3 Å². The van der Waals surface area contributed by atoms with Gasteiger partial charge in [0.25, 0.3) is 11.5 Å². The van der Waals surface area contributed by atoms with Crippen molar-refractivity contribution >= 4 is 16.8 Å². The second kappa shape index (κ2) is 8.33. The first kappa shape index (κ1) is 19.6. The summed E-state index contributed by atoms with van der Waals surface area (Å²) in [5, 5.41) is 3.86. The molecule has 1 unspecified atom stereocenters. The lowest BCUT2D eigenvalue weighted by Gasteiger charge is -2.19. The lowest BCUT2D eigenvalue weighted by atomic mass is 9.96. The summed E-state index contributed by atoms with van der Waals surface area (Å²) in [5.41, 5.74) is 4.27. The van der Waals surface area contributed by atoms with Gasteiger partial charge in [-0.15, -0.1) is 0 Å². The summed E-state index contributed by atoms with van der Waals surface area (Å²) in [7, 11) is 0. The summed E-state index contributed by atoms with van der Waals surface area (Å²) in [6.45, 7) is 3.87. The zero-order valence-corrected chi connectivity index (χ0v) is 17.0. The van der Waals surface area contributed by atoms with Crippen molar-refractivity contribution in [2.24, 2.45) is 0 Å². The lowest BCUT2D eigenvalue weighted by Crippen LogP contribution is -2.32. The van der Waals surface area contributed by atoms with Crippen LogP contribution in [0.15, 0.2) is 77.7 Å². The number of rotatable bonds is 5. The number of aromatic amines is 1. The number of H-pyrrole nitrogens is 1. The molecule has 0 fully saturated rings. The third-order valence-electron chi connectivity index (χ3n) is 5.35. The monoisotopic (exact) mass is 397 g/mol. The van der Waals surface area contributed by atoms with E-state index in [1.54, 1.807) is 18.3 Å². The maximum atomic E-state index is 13.5. The van der Waals surface area contributed by atoms with Crippen LogP contribution in [0.5, 0.6) is 0 Å². The van der Waals surface area contributed by atoms with Crippen LogP contribution in [0.3, 0.4) is 0 Å². The first-order chi connectivity index (χ1) is 14.6. The smallest absolute Gasteiger partial charge is 0.253 e. The Bertz CT molecular complexity index is 1260. The van der Waals surface area contributed by atoms with E-state index in [4.69, 9.17) is 4.98 Å². The van der Waals surface area contributed by atoms with Crippen molar-refractivity contribution in [2.45, 2.75) is 26.3 Å². The molecule has 30 heavy (non-hydrogen) atoms. The van der Waals surface area contributed by atoms with Gasteiger partial charge in [-0.05, 0) is 31.0 Å². The molecule has 2 aromatic heterocycles. The molecule has 0 radical (unpaired) electrons. The number of nitrogens with zero attached hydrogens (tertiary/aromatic N) is 1. The molecule has 2 heterocycles. The van der Waals surface area contributed by atoms with E-state index in [1.165, 1.54) is 0 Å². The first-order valence-electron chi connectivity index (χ1n) is 10.0. The average Bonchev–Trinajstić information content (AvgIpc) is 2.78. The molecule has 150 valence electrons. The summed E-state index contributed by atoms with van der Waals surface area (Å²) >= 11 is 0. The molecule has 0 saturated carbocycles. The third kappa shape index (κ3) is 3.62. The van der Waals surface area contributed by atoms with E-state index in [1.807, 2.05) is 68.4 Å². The molecular formula is C25H23N3O2. The molecule has 0 aliphatic carbocycles. The van der Waals surface area contributed by atoms with Crippen LogP contribution in [0, 0.1) is 6.92 Å². The van der Waals surface area contributed by atoms with Gasteiger partial charge in [0.2, 0.25) is 0 Å². The van der Waals surface area contributed by atoms with Crippen molar-refractivity contribution in [3.63, 3.8) is 0 Å². The molecule has 1 atom stereocenters. The molecular weight excluding hydrogens is 374 g/mol. The van der Waals surface area contributed by atoms with Gasteiger partial charge in [-0.1, -0.05) is 61.5 Å². The highest BCUT2D eigenvalue weighted by Gasteiger charge is 2.22. The molecule has 4 aromatic rings. The van der Waals surface area contributed by atoms with E-state index in [2.05, 4.69) is 10.3 Å². The van der Waals surface area contributed by atoms with E-state index in [0.717, 1.165) is 27.7 Å². The molecule has 2 N–H and O–H groups in total. The summed E-state index contributed by atoms with van der Waals surface area (Å²) in [6, 6.07) is 20.6. The fourth-order valence-corrected chi connectivity index (χ4v) is 3.82. The Morgan fingerprint density at radius 2 is 1.77 bits per heavy atom. The number of pyridine rings is 2. The number of carbonyl (C=O) groups is 1. The van der Waals surface area contributed by atoms with Gasteiger partial charge < -0.3 is 10.3 Å². The largest absolute Gasteiger partial charge is 0.345 e. The van der Waals surface area contributed by atoms with Crippen molar-refractivity contribution in [2.75, 3.05) is 0 Å². The quantitative estimate of drug-likeness (QED) is 0.509. The fraction of sp³-hybridized carbons (Fsp3) is 0.160. The third-order valence-corrected chi connectivity index (χ3v) is 5.35. The highest BCUT2D eigenvalue weighted by Crippen LogP contribution is 2.30. The van der Waals surface area contributed by atoms with E-state index in [-0.39, 0.29) is 17.5 Å². The van der Waals surface area contributed by atoms with E-state index in [9.17, 15) is 9.59 Å².